The molecule has 1 aromatic carbocycles. The molecule has 4 heteroatoms. The van der Waals surface area contributed by atoms with Gasteiger partial charge in [-0.15, -0.1) is 0 Å². The van der Waals surface area contributed by atoms with Crippen LogP contribution in [0.5, 0.6) is 5.75 Å². The SMILES string of the molecule is COc1c(C)c(C)cc(C)c1C1(NN)COC1. The van der Waals surface area contributed by atoms with Crippen LogP contribution < -0.4 is 16.0 Å². The highest BCUT2D eigenvalue weighted by atomic mass is 16.5. The van der Waals surface area contributed by atoms with Gasteiger partial charge in [0, 0.05) is 5.56 Å². The Kier molecular flexibility index (Phi) is 3.12. The van der Waals surface area contributed by atoms with Crippen LogP contribution in [-0.2, 0) is 10.3 Å². The molecule has 2 rings (SSSR count). The molecule has 0 atom stereocenters. The van der Waals surface area contributed by atoms with E-state index in [1.165, 1.54) is 11.1 Å². The lowest BCUT2D eigenvalue weighted by molar-refractivity contribution is -0.0799. The van der Waals surface area contributed by atoms with Gasteiger partial charge in [0.1, 0.15) is 11.3 Å². The molecule has 3 N–H and O–H groups in total. The van der Waals surface area contributed by atoms with Crippen molar-refractivity contribution in [3.63, 3.8) is 0 Å². The van der Waals surface area contributed by atoms with Gasteiger partial charge in [0.05, 0.1) is 20.3 Å². The minimum Gasteiger partial charge on any atom is -0.496 e. The van der Waals surface area contributed by atoms with Gasteiger partial charge in [-0.25, -0.2) is 5.43 Å². The maximum absolute atomic E-state index is 5.70. The predicted molar refractivity (Wildman–Crippen MR) is 67.0 cm³/mol. The first-order chi connectivity index (χ1) is 8.05. The third kappa shape index (κ3) is 1.73. The van der Waals surface area contributed by atoms with E-state index in [1.54, 1.807) is 7.11 Å². The lowest BCUT2D eigenvalue weighted by atomic mass is 9.82. The normalized spacial score (nSPS) is 17.7. The van der Waals surface area contributed by atoms with E-state index in [4.69, 9.17) is 15.3 Å². The third-order valence-corrected chi connectivity index (χ3v) is 3.64. The van der Waals surface area contributed by atoms with Crippen molar-refractivity contribution in [2.24, 2.45) is 5.84 Å². The smallest absolute Gasteiger partial charge is 0.127 e. The maximum Gasteiger partial charge on any atom is 0.127 e. The number of ether oxygens (including phenoxy) is 2. The highest BCUT2D eigenvalue weighted by molar-refractivity contribution is 5.53. The molecule has 4 nitrogen and oxygen atoms in total. The Morgan fingerprint density at radius 3 is 2.35 bits per heavy atom. The zero-order valence-electron chi connectivity index (χ0n) is 10.9. The standard InChI is InChI=1S/C13H20N2O2/c1-8-5-9(2)11(12(16-4)10(8)3)13(15-14)6-17-7-13/h5,15H,6-7,14H2,1-4H3. The van der Waals surface area contributed by atoms with E-state index in [9.17, 15) is 0 Å². The van der Waals surface area contributed by atoms with Crippen LogP contribution >= 0.6 is 0 Å². The third-order valence-electron chi connectivity index (χ3n) is 3.64. The van der Waals surface area contributed by atoms with E-state index in [0.29, 0.717) is 13.2 Å². The lowest BCUT2D eigenvalue weighted by Gasteiger charge is -2.43. The molecule has 0 bridgehead atoms. The zero-order valence-corrected chi connectivity index (χ0v) is 10.9. The van der Waals surface area contributed by atoms with E-state index < -0.39 is 0 Å². The summed E-state index contributed by atoms with van der Waals surface area (Å²) in [5, 5.41) is 0. The topological polar surface area (TPSA) is 56.5 Å². The molecular formula is C13H20N2O2. The predicted octanol–water partition coefficient (Wildman–Crippen LogP) is 1.31. The molecule has 1 aliphatic heterocycles. The average Bonchev–Trinajstić information content (AvgIpc) is 2.24. The van der Waals surface area contributed by atoms with Crippen LogP contribution in [0, 0.1) is 20.8 Å². The summed E-state index contributed by atoms with van der Waals surface area (Å²) >= 11 is 0. The number of nitrogens with two attached hydrogens (primary N) is 1. The van der Waals surface area contributed by atoms with Crippen LogP contribution in [0.15, 0.2) is 6.07 Å². The Hall–Kier alpha value is -1.10. The first-order valence-corrected chi connectivity index (χ1v) is 5.76. The molecule has 0 spiro atoms. The van der Waals surface area contributed by atoms with Crippen molar-refractivity contribution < 1.29 is 9.47 Å². The van der Waals surface area contributed by atoms with Crippen LogP contribution in [-0.4, -0.2) is 20.3 Å². The van der Waals surface area contributed by atoms with E-state index in [1.807, 2.05) is 0 Å². The second kappa shape index (κ2) is 4.29. The Morgan fingerprint density at radius 1 is 1.29 bits per heavy atom. The highest BCUT2D eigenvalue weighted by Crippen LogP contribution is 2.40. The molecule has 0 saturated carbocycles. The van der Waals surface area contributed by atoms with Gasteiger partial charge in [-0.1, -0.05) is 6.07 Å². The van der Waals surface area contributed by atoms with Crippen molar-refractivity contribution >= 4 is 0 Å². The Bertz CT molecular complexity index is 434. The number of rotatable bonds is 3. The van der Waals surface area contributed by atoms with Gasteiger partial charge in [-0.3, -0.25) is 5.84 Å². The Morgan fingerprint density at radius 2 is 1.94 bits per heavy atom. The van der Waals surface area contributed by atoms with Crippen LogP contribution in [0.25, 0.3) is 0 Å². The number of benzene rings is 1. The summed E-state index contributed by atoms with van der Waals surface area (Å²) < 4.78 is 10.9. The number of hydrazine groups is 1. The van der Waals surface area contributed by atoms with Gasteiger partial charge < -0.3 is 9.47 Å². The molecule has 1 saturated heterocycles. The summed E-state index contributed by atoms with van der Waals surface area (Å²) in [6.45, 7) is 7.42. The van der Waals surface area contributed by atoms with E-state index in [2.05, 4.69) is 32.3 Å². The molecule has 1 heterocycles. The van der Waals surface area contributed by atoms with Crippen molar-refractivity contribution in [1.29, 1.82) is 0 Å². The van der Waals surface area contributed by atoms with E-state index >= 15 is 0 Å². The number of methoxy groups -OCH3 is 1. The van der Waals surface area contributed by atoms with Gasteiger partial charge in [0.15, 0.2) is 0 Å². The second-order valence-electron chi connectivity index (χ2n) is 4.76. The van der Waals surface area contributed by atoms with Gasteiger partial charge in [0.2, 0.25) is 0 Å². The van der Waals surface area contributed by atoms with Crippen molar-refractivity contribution in [3.05, 3.63) is 28.3 Å². The molecule has 94 valence electrons. The molecule has 1 aromatic rings. The van der Waals surface area contributed by atoms with Crippen LogP contribution in [0.4, 0.5) is 0 Å². The highest BCUT2D eigenvalue weighted by Gasteiger charge is 2.43. The number of nitrogens with one attached hydrogen (secondary N) is 1. The average molecular weight is 236 g/mol. The van der Waals surface area contributed by atoms with Crippen molar-refractivity contribution in [2.75, 3.05) is 20.3 Å². The number of hydrogen-bond acceptors (Lipinski definition) is 4. The molecule has 0 amide bonds. The molecule has 0 aliphatic carbocycles. The maximum atomic E-state index is 5.70. The minimum atomic E-state index is -0.298. The molecule has 1 aliphatic rings. The summed E-state index contributed by atoms with van der Waals surface area (Å²) in [4.78, 5) is 0. The zero-order chi connectivity index (χ0) is 12.6. The second-order valence-corrected chi connectivity index (χ2v) is 4.76. The molecule has 0 unspecified atom stereocenters. The minimum absolute atomic E-state index is 0.298. The van der Waals surface area contributed by atoms with Crippen molar-refractivity contribution in [2.45, 2.75) is 26.3 Å². The van der Waals surface area contributed by atoms with Crippen molar-refractivity contribution in [3.8, 4) is 5.75 Å². The molecule has 1 fully saturated rings. The van der Waals surface area contributed by atoms with Crippen LogP contribution in [0.3, 0.4) is 0 Å². The van der Waals surface area contributed by atoms with Gasteiger partial charge >= 0.3 is 0 Å². The summed E-state index contributed by atoms with van der Waals surface area (Å²) in [7, 11) is 1.70. The van der Waals surface area contributed by atoms with Crippen molar-refractivity contribution in [1.82, 2.24) is 5.43 Å². The largest absolute Gasteiger partial charge is 0.496 e. The fourth-order valence-electron chi connectivity index (χ4n) is 2.51. The first kappa shape index (κ1) is 12.4. The van der Waals surface area contributed by atoms with Crippen LogP contribution in [0.1, 0.15) is 22.3 Å². The van der Waals surface area contributed by atoms with Gasteiger partial charge in [-0.05, 0) is 37.5 Å². The van der Waals surface area contributed by atoms with Crippen LogP contribution in [0.2, 0.25) is 0 Å². The fourth-order valence-corrected chi connectivity index (χ4v) is 2.51. The van der Waals surface area contributed by atoms with Gasteiger partial charge in [0.25, 0.3) is 0 Å². The summed E-state index contributed by atoms with van der Waals surface area (Å²) in [5.74, 6) is 6.62. The molecular weight excluding hydrogens is 216 g/mol. The summed E-state index contributed by atoms with van der Waals surface area (Å²) in [6.07, 6.45) is 0. The quantitative estimate of drug-likeness (QED) is 0.613. The first-order valence-electron chi connectivity index (χ1n) is 5.76. The summed E-state index contributed by atoms with van der Waals surface area (Å²) in [5.41, 5.74) is 7.29. The lowest BCUT2D eigenvalue weighted by Crippen LogP contribution is -2.60. The monoisotopic (exact) mass is 236 g/mol. The fraction of sp³-hybridized carbons (Fsp3) is 0.538. The number of hydrogen-bond donors (Lipinski definition) is 2. The van der Waals surface area contributed by atoms with E-state index in [0.717, 1.165) is 16.9 Å². The molecule has 17 heavy (non-hydrogen) atoms. The summed E-state index contributed by atoms with van der Waals surface area (Å²) in [6, 6.07) is 2.17. The molecule has 0 radical (unpaired) electrons. The number of aryl methyl sites for hydroxylation is 2. The Balaban J connectivity index is 2.63. The van der Waals surface area contributed by atoms with E-state index in [-0.39, 0.29) is 5.54 Å². The Labute approximate surface area is 102 Å². The molecule has 0 aromatic heterocycles. The van der Waals surface area contributed by atoms with Gasteiger partial charge in [-0.2, -0.15) is 0 Å².